The summed E-state index contributed by atoms with van der Waals surface area (Å²) in [6.07, 6.45) is 4.36. The second kappa shape index (κ2) is 6.46. The number of halogens is 2. The van der Waals surface area contributed by atoms with E-state index in [9.17, 15) is 8.78 Å². The number of nitrogens with two attached hydrogens (primary N) is 1. The number of benzene rings is 1. The van der Waals surface area contributed by atoms with Gasteiger partial charge >= 0.3 is 0 Å². The van der Waals surface area contributed by atoms with Crippen LogP contribution in [0.4, 0.5) is 20.4 Å². The highest BCUT2D eigenvalue weighted by Crippen LogP contribution is 2.37. The molecule has 6 nitrogen and oxygen atoms in total. The molecule has 1 aliphatic rings. The van der Waals surface area contributed by atoms with Crippen molar-refractivity contribution in [3.8, 4) is 0 Å². The number of nitrogen functional groups attached to an aromatic ring is 1. The molecule has 27 heavy (non-hydrogen) atoms. The van der Waals surface area contributed by atoms with E-state index < -0.39 is 11.6 Å². The SMILES string of the molecule is C=C(C=N)c1c(N)nn2ccc(N3CCC[C@@H]3c3cc(F)ccc3F)nc12. The van der Waals surface area contributed by atoms with Crippen LogP contribution < -0.4 is 10.6 Å². The van der Waals surface area contributed by atoms with Gasteiger partial charge in [0.1, 0.15) is 17.5 Å². The number of fused-ring (bicyclic) bond motifs is 1. The molecular formula is C19H18F2N6. The van der Waals surface area contributed by atoms with E-state index in [1.54, 1.807) is 12.3 Å². The Morgan fingerprint density at radius 2 is 2.15 bits per heavy atom. The summed E-state index contributed by atoms with van der Waals surface area (Å²) in [4.78, 5) is 6.60. The number of aromatic nitrogens is 3. The second-order valence-electron chi connectivity index (χ2n) is 6.50. The van der Waals surface area contributed by atoms with Crippen LogP contribution in [0.2, 0.25) is 0 Å². The lowest BCUT2D eigenvalue weighted by Gasteiger charge is -2.26. The van der Waals surface area contributed by atoms with Crippen molar-refractivity contribution < 1.29 is 8.78 Å². The molecule has 8 heteroatoms. The average Bonchev–Trinajstić information content (AvgIpc) is 3.26. The monoisotopic (exact) mass is 368 g/mol. The maximum Gasteiger partial charge on any atom is 0.167 e. The number of hydrogen-bond acceptors (Lipinski definition) is 5. The van der Waals surface area contributed by atoms with E-state index in [-0.39, 0.29) is 11.9 Å². The van der Waals surface area contributed by atoms with E-state index in [1.807, 2.05) is 4.90 Å². The molecule has 0 amide bonds. The van der Waals surface area contributed by atoms with Crippen LogP contribution in [-0.4, -0.2) is 27.4 Å². The average molecular weight is 368 g/mol. The first-order chi connectivity index (χ1) is 13.0. The topological polar surface area (TPSA) is 83.3 Å². The Morgan fingerprint density at radius 1 is 1.33 bits per heavy atom. The molecule has 1 fully saturated rings. The molecule has 0 saturated carbocycles. The van der Waals surface area contributed by atoms with Crippen LogP contribution in [0.25, 0.3) is 11.2 Å². The summed E-state index contributed by atoms with van der Waals surface area (Å²) in [6, 6.07) is 4.99. The normalized spacial score (nSPS) is 16.8. The summed E-state index contributed by atoms with van der Waals surface area (Å²) in [5, 5.41) is 11.6. The minimum Gasteiger partial charge on any atom is -0.382 e. The van der Waals surface area contributed by atoms with Gasteiger partial charge in [-0.2, -0.15) is 0 Å². The Morgan fingerprint density at radius 3 is 2.93 bits per heavy atom. The maximum absolute atomic E-state index is 14.3. The van der Waals surface area contributed by atoms with Gasteiger partial charge in [-0.05, 0) is 42.7 Å². The van der Waals surface area contributed by atoms with Gasteiger partial charge in [-0.25, -0.2) is 18.3 Å². The van der Waals surface area contributed by atoms with Gasteiger partial charge in [-0.1, -0.05) is 6.58 Å². The van der Waals surface area contributed by atoms with E-state index in [2.05, 4.69) is 16.7 Å². The molecule has 0 spiro atoms. The van der Waals surface area contributed by atoms with Crippen LogP contribution in [0.5, 0.6) is 0 Å². The number of anilines is 2. The van der Waals surface area contributed by atoms with Crippen LogP contribution >= 0.6 is 0 Å². The Kier molecular flexibility index (Phi) is 4.10. The first kappa shape index (κ1) is 17.1. The molecule has 0 bridgehead atoms. The van der Waals surface area contributed by atoms with E-state index in [0.717, 1.165) is 24.8 Å². The number of rotatable bonds is 4. The summed E-state index contributed by atoms with van der Waals surface area (Å²) in [5.74, 6) is -0.0365. The van der Waals surface area contributed by atoms with E-state index in [4.69, 9.17) is 11.1 Å². The standard InChI is InChI=1S/C19H18F2N6/c1-11(10-22)17-18(23)25-27-8-6-16(24-19(17)27)26-7-2-3-15(26)13-9-12(20)4-5-14(13)21/h4-6,8-10,15,22H,1-3,7H2,(H2,23,25)/t15-/m1/s1. The minimum atomic E-state index is -0.463. The fourth-order valence-electron chi connectivity index (χ4n) is 3.61. The number of hydrogen-bond donors (Lipinski definition) is 2. The van der Waals surface area contributed by atoms with E-state index >= 15 is 0 Å². The lowest BCUT2D eigenvalue weighted by atomic mass is 10.0. The van der Waals surface area contributed by atoms with Crippen molar-refractivity contribution in [2.45, 2.75) is 18.9 Å². The Bertz CT molecular complexity index is 1060. The molecule has 0 unspecified atom stereocenters. The minimum absolute atomic E-state index is 0.238. The largest absolute Gasteiger partial charge is 0.382 e. The van der Waals surface area contributed by atoms with Crippen molar-refractivity contribution in [1.82, 2.24) is 14.6 Å². The third-order valence-electron chi connectivity index (χ3n) is 4.86. The number of nitrogens with zero attached hydrogens (tertiary/aromatic N) is 4. The molecule has 0 aliphatic carbocycles. The van der Waals surface area contributed by atoms with Gasteiger partial charge in [-0.3, -0.25) is 0 Å². The summed E-state index contributed by atoms with van der Waals surface area (Å²) < 4.78 is 29.5. The molecule has 2 aromatic heterocycles. The molecular weight excluding hydrogens is 350 g/mol. The van der Waals surface area contributed by atoms with Gasteiger partial charge in [0.15, 0.2) is 11.5 Å². The zero-order valence-electron chi connectivity index (χ0n) is 14.5. The lowest BCUT2D eigenvalue weighted by Crippen LogP contribution is -2.24. The predicted molar refractivity (Wildman–Crippen MR) is 101 cm³/mol. The van der Waals surface area contributed by atoms with Crippen molar-refractivity contribution >= 4 is 29.1 Å². The summed E-state index contributed by atoms with van der Waals surface area (Å²) in [6.45, 7) is 4.49. The van der Waals surface area contributed by atoms with E-state index in [1.165, 1.54) is 10.6 Å². The predicted octanol–water partition coefficient (Wildman–Crippen LogP) is 3.59. The number of allylic oxidation sites excluding steroid dienone is 1. The van der Waals surface area contributed by atoms with Crippen molar-refractivity contribution in [3.05, 3.63) is 59.8 Å². The highest BCUT2D eigenvalue weighted by molar-refractivity contribution is 6.11. The quantitative estimate of drug-likeness (QED) is 0.690. The van der Waals surface area contributed by atoms with Crippen molar-refractivity contribution in [1.29, 1.82) is 5.41 Å². The van der Waals surface area contributed by atoms with Crippen molar-refractivity contribution in [2.75, 3.05) is 17.2 Å². The molecule has 1 saturated heterocycles. The third-order valence-corrected chi connectivity index (χ3v) is 4.86. The summed E-state index contributed by atoms with van der Waals surface area (Å²) in [5.41, 5.74) is 7.65. The molecule has 3 N–H and O–H groups in total. The molecule has 3 aromatic rings. The maximum atomic E-state index is 14.3. The van der Waals surface area contributed by atoms with Gasteiger partial charge in [0, 0.05) is 24.5 Å². The molecule has 1 aliphatic heterocycles. The first-order valence-electron chi connectivity index (χ1n) is 8.56. The Balaban J connectivity index is 1.80. The van der Waals surface area contributed by atoms with Crippen LogP contribution in [0, 0.1) is 17.0 Å². The molecule has 1 atom stereocenters. The zero-order valence-corrected chi connectivity index (χ0v) is 14.5. The summed E-state index contributed by atoms with van der Waals surface area (Å²) >= 11 is 0. The third kappa shape index (κ3) is 2.83. The second-order valence-corrected chi connectivity index (χ2v) is 6.50. The van der Waals surface area contributed by atoms with Crippen molar-refractivity contribution in [2.24, 2.45) is 0 Å². The molecule has 1 aromatic carbocycles. The fourth-order valence-corrected chi connectivity index (χ4v) is 3.61. The molecule has 3 heterocycles. The van der Waals surface area contributed by atoms with Gasteiger partial charge in [0.05, 0.1) is 11.6 Å². The highest BCUT2D eigenvalue weighted by atomic mass is 19.1. The van der Waals surface area contributed by atoms with Gasteiger partial charge in [-0.15, -0.1) is 5.10 Å². The molecule has 0 radical (unpaired) electrons. The van der Waals surface area contributed by atoms with Crippen LogP contribution in [0.3, 0.4) is 0 Å². The van der Waals surface area contributed by atoms with Crippen LogP contribution in [-0.2, 0) is 0 Å². The van der Waals surface area contributed by atoms with Crippen molar-refractivity contribution in [3.63, 3.8) is 0 Å². The van der Waals surface area contributed by atoms with Crippen LogP contribution in [0.1, 0.15) is 30.0 Å². The zero-order chi connectivity index (χ0) is 19.1. The van der Waals surface area contributed by atoms with Gasteiger partial charge in [0.25, 0.3) is 0 Å². The fraction of sp³-hybridized carbons (Fsp3) is 0.211. The highest BCUT2D eigenvalue weighted by Gasteiger charge is 2.30. The van der Waals surface area contributed by atoms with Crippen LogP contribution in [0.15, 0.2) is 37.0 Å². The first-order valence-corrected chi connectivity index (χ1v) is 8.56. The van der Waals surface area contributed by atoms with Gasteiger partial charge in [0.2, 0.25) is 0 Å². The van der Waals surface area contributed by atoms with Gasteiger partial charge < -0.3 is 16.0 Å². The lowest BCUT2D eigenvalue weighted by molar-refractivity contribution is 0.560. The Hall–Kier alpha value is -3.29. The molecule has 138 valence electrons. The number of nitrogens with one attached hydrogen (secondary N) is 1. The Labute approximate surface area is 154 Å². The molecule has 4 rings (SSSR count). The smallest absolute Gasteiger partial charge is 0.167 e. The van der Waals surface area contributed by atoms with E-state index in [0.29, 0.717) is 41.1 Å². The summed E-state index contributed by atoms with van der Waals surface area (Å²) in [7, 11) is 0.